The molecule has 10 heteroatoms. The van der Waals surface area contributed by atoms with Gasteiger partial charge in [-0.2, -0.15) is 0 Å². The first kappa shape index (κ1) is 30.1. The number of thioether (sulfide) groups is 1. The Morgan fingerprint density at radius 1 is 1.05 bits per heavy atom. The largest absolute Gasteiger partial charge is 0.493 e. The van der Waals surface area contributed by atoms with E-state index in [1.54, 1.807) is 24.1 Å². The minimum absolute atomic E-state index is 0.0622. The van der Waals surface area contributed by atoms with Crippen LogP contribution in [0.5, 0.6) is 11.5 Å². The molecule has 3 aromatic carbocycles. The molecule has 0 N–H and O–H groups in total. The number of anilines is 1. The Morgan fingerprint density at radius 3 is 2.49 bits per heavy atom. The molecule has 0 spiro atoms. The second-order valence-electron chi connectivity index (χ2n) is 9.68. The number of aliphatic imine (C=N–C) groups is 1. The topological polar surface area (TPSA) is 54.4 Å². The summed E-state index contributed by atoms with van der Waals surface area (Å²) in [4.78, 5) is 22.9. The standard InChI is InChI=1S/C31H30Cl2IN3O3S/c1-3-37-30(38)28(41-31(37)35-23-9-11-24(12-10-23)36-13-5-4-6-14-36)17-20-15-26(34)29(27(16-20)39-2)40-19-21-7-8-22(32)18-25(21)33/h7-12,15-18H,3-6,13-14,19H2,1-2H3/b28-17-,35-31?. The van der Waals surface area contributed by atoms with E-state index in [4.69, 9.17) is 37.7 Å². The van der Waals surface area contributed by atoms with Crippen LogP contribution in [0, 0.1) is 3.57 Å². The van der Waals surface area contributed by atoms with Gasteiger partial charge in [0.15, 0.2) is 16.7 Å². The van der Waals surface area contributed by atoms with Crippen molar-refractivity contribution in [1.82, 2.24) is 4.90 Å². The Labute approximate surface area is 268 Å². The molecule has 2 fully saturated rings. The van der Waals surface area contributed by atoms with Crippen LogP contribution in [0.25, 0.3) is 6.08 Å². The first-order valence-electron chi connectivity index (χ1n) is 13.5. The summed E-state index contributed by atoms with van der Waals surface area (Å²) in [5.41, 5.74) is 3.71. The molecule has 0 bridgehead atoms. The molecule has 0 aromatic heterocycles. The van der Waals surface area contributed by atoms with Gasteiger partial charge in [-0.05, 0) is 121 Å². The lowest BCUT2D eigenvalue weighted by Crippen LogP contribution is -2.29. The number of halogens is 3. The van der Waals surface area contributed by atoms with Crippen molar-refractivity contribution in [3.8, 4) is 11.5 Å². The van der Waals surface area contributed by atoms with E-state index in [-0.39, 0.29) is 12.5 Å². The predicted molar refractivity (Wildman–Crippen MR) is 179 cm³/mol. The van der Waals surface area contributed by atoms with Crippen molar-refractivity contribution in [2.75, 3.05) is 31.6 Å². The van der Waals surface area contributed by atoms with E-state index in [0.29, 0.717) is 38.2 Å². The summed E-state index contributed by atoms with van der Waals surface area (Å²) < 4.78 is 12.6. The average Bonchev–Trinajstić information content (AvgIpc) is 3.26. The van der Waals surface area contributed by atoms with Crippen molar-refractivity contribution >= 4 is 86.1 Å². The fourth-order valence-electron chi connectivity index (χ4n) is 4.77. The Bertz CT molecular complexity index is 1490. The van der Waals surface area contributed by atoms with Crippen LogP contribution in [-0.2, 0) is 11.4 Å². The number of methoxy groups -OCH3 is 1. The molecular formula is C31H30Cl2IN3O3S. The minimum atomic E-state index is -0.0622. The van der Waals surface area contributed by atoms with Gasteiger partial charge in [0.1, 0.15) is 6.61 Å². The zero-order chi connectivity index (χ0) is 28.9. The number of carbonyl (C=O) groups is 1. The van der Waals surface area contributed by atoms with Crippen LogP contribution in [0.2, 0.25) is 10.0 Å². The van der Waals surface area contributed by atoms with Gasteiger partial charge in [0.25, 0.3) is 5.91 Å². The van der Waals surface area contributed by atoms with Crippen molar-refractivity contribution in [2.24, 2.45) is 4.99 Å². The van der Waals surface area contributed by atoms with Gasteiger partial charge >= 0.3 is 0 Å². The molecule has 6 nitrogen and oxygen atoms in total. The fraction of sp³-hybridized carbons (Fsp3) is 0.290. The lowest BCUT2D eigenvalue weighted by atomic mass is 10.1. The molecule has 0 atom stereocenters. The van der Waals surface area contributed by atoms with Gasteiger partial charge in [-0.25, -0.2) is 4.99 Å². The third-order valence-electron chi connectivity index (χ3n) is 6.94. The average molecular weight is 722 g/mol. The normalized spacial score (nSPS) is 17.5. The van der Waals surface area contributed by atoms with Crippen LogP contribution < -0.4 is 14.4 Å². The summed E-state index contributed by atoms with van der Waals surface area (Å²) in [6.45, 7) is 4.96. The molecule has 0 aliphatic carbocycles. The monoisotopic (exact) mass is 721 g/mol. The van der Waals surface area contributed by atoms with Crippen LogP contribution in [0.15, 0.2) is 64.5 Å². The lowest BCUT2D eigenvalue weighted by molar-refractivity contribution is -0.122. The zero-order valence-electron chi connectivity index (χ0n) is 22.8. The van der Waals surface area contributed by atoms with E-state index in [1.165, 1.54) is 36.7 Å². The number of carbonyl (C=O) groups excluding carboxylic acids is 1. The second-order valence-corrected chi connectivity index (χ2v) is 12.7. The highest BCUT2D eigenvalue weighted by atomic mass is 127. The first-order chi connectivity index (χ1) is 19.9. The van der Waals surface area contributed by atoms with Crippen molar-refractivity contribution in [3.05, 3.63) is 84.2 Å². The number of piperidine rings is 1. The number of hydrogen-bond acceptors (Lipinski definition) is 6. The number of rotatable bonds is 8. The SMILES string of the molecule is CCN1C(=O)/C(=C/c2cc(I)c(OCc3ccc(Cl)cc3Cl)c(OC)c2)SC1=Nc1ccc(N2CCCCC2)cc1. The third-order valence-corrected chi connectivity index (χ3v) is 9.33. The number of nitrogens with zero attached hydrogens (tertiary/aromatic N) is 3. The molecule has 1 amide bonds. The van der Waals surface area contributed by atoms with Crippen LogP contribution >= 0.6 is 57.6 Å². The molecule has 3 aromatic rings. The number of ether oxygens (including phenoxy) is 2. The maximum absolute atomic E-state index is 13.3. The molecule has 5 rings (SSSR count). The van der Waals surface area contributed by atoms with E-state index in [2.05, 4.69) is 39.6 Å². The molecule has 0 saturated carbocycles. The molecule has 2 saturated heterocycles. The second kappa shape index (κ2) is 13.7. The van der Waals surface area contributed by atoms with Gasteiger partial charge in [-0.1, -0.05) is 29.3 Å². The Morgan fingerprint density at radius 2 is 1.80 bits per heavy atom. The molecule has 2 heterocycles. The first-order valence-corrected chi connectivity index (χ1v) is 16.1. The van der Waals surface area contributed by atoms with Crippen molar-refractivity contribution in [2.45, 2.75) is 32.8 Å². The maximum Gasteiger partial charge on any atom is 0.266 e. The number of benzene rings is 3. The zero-order valence-corrected chi connectivity index (χ0v) is 27.3. The minimum Gasteiger partial charge on any atom is -0.493 e. The summed E-state index contributed by atoms with van der Waals surface area (Å²) in [6.07, 6.45) is 5.66. The Balaban J connectivity index is 1.34. The van der Waals surface area contributed by atoms with Crippen LogP contribution in [0.4, 0.5) is 11.4 Å². The van der Waals surface area contributed by atoms with Crippen LogP contribution in [0.1, 0.15) is 37.3 Å². The van der Waals surface area contributed by atoms with Gasteiger partial charge in [0.05, 0.1) is 21.3 Å². The molecule has 2 aliphatic rings. The molecule has 0 unspecified atom stereocenters. The number of hydrogen-bond donors (Lipinski definition) is 0. The van der Waals surface area contributed by atoms with E-state index < -0.39 is 0 Å². The van der Waals surface area contributed by atoms with Crippen molar-refractivity contribution < 1.29 is 14.3 Å². The fourth-order valence-corrected chi connectivity index (χ4v) is 7.08. The van der Waals surface area contributed by atoms with Crippen molar-refractivity contribution in [3.63, 3.8) is 0 Å². The van der Waals surface area contributed by atoms with Crippen molar-refractivity contribution in [1.29, 1.82) is 0 Å². The predicted octanol–water partition coefficient (Wildman–Crippen LogP) is 8.80. The molecule has 0 radical (unpaired) electrons. The third kappa shape index (κ3) is 7.16. The van der Waals surface area contributed by atoms with E-state index in [9.17, 15) is 4.79 Å². The smallest absolute Gasteiger partial charge is 0.266 e. The summed E-state index contributed by atoms with van der Waals surface area (Å²) in [5, 5.41) is 1.79. The molecular weight excluding hydrogens is 692 g/mol. The van der Waals surface area contributed by atoms with Gasteiger partial charge in [0, 0.05) is 40.9 Å². The van der Waals surface area contributed by atoms with Crippen LogP contribution in [0.3, 0.4) is 0 Å². The van der Waals surface area contributed by atoms with Gasteiger partial charge in [0.2, 0.25) is 0 Å². The lowest BCUT2D eigenvalue weighted by Gasteiger charge is -2.28. The van der Waals surface area contributed by atoms with Crippen LogP contribution in [-0.4, -0.2) is 42.7 Å². The Hall–Kier alpha value is -2.40. The molecule has 214 valence electrons. The van der Waals surface area contributed by atoms with Gasteiger partial charge in [-0.3, -0.25) is 9.69 Å². The highest BCUT2D eigenvalue weighted by molar-refractivity contribution is 14.1. The molecule has 2 aliphatic heterocycles. The maximum atomic E-state index is 13.3. The summed E-state index contributed by atoms with van der Waals surface area (Å²) in [5.74, 6) is 1.12. The van der Waals surface area contributed by atoms with E-state index in [1.807, 2.05) is 43.3 Å². The summed E-state index contributed by atoms with van der Waals surface area (Å²) in [6, 6.07) is 17.4. The van der Waals surface area contributed by atoms with E-state index in [0.717, 1.165) is 33.5 Å². The summed E-state index contributed by atoms with van der Waals surface area (Å²) >= 11 is 15.9. The quantitative estimate of drug-likeness (QED) is 0.172. The van der Waals surface area contributed by atoms with Gasteiger partial charge in [-0.15, -0.1) is 0 Å². The highest BCUT2D eigenvalue weighted by Crippen LogP contribution is 2.39. The van der Waals surface area contributed by atoms with E-state index >= 15 is 0 Å². The number of likely N-dealkylation sites (N-methyl/N-ethyl adjacent to an activating group) is 1. The van der Waals surface area contributed by atoms with Gasteiger partial charge < -0.3 is 14.4 Å². The number of amides is 1. The highest BCUT2D eigenvalue weighted by Gasteiger charge is 2.32. The molecule has 41 heavy (non-hydrogen) atoms. The Kier molecular flexibility index (Phi) is 10.1. The summed E-state index contributed by atoms with van der Waals surface area (Å²) in [7, 11) is 1.60. The number of amidine groups is 1.